The summed E-state index contributed by atoms with van der Waals surface area (Å²) in [5.74, 6) is -0.671. The van der Waals surface area contributed by atoms with E-state index < -0.39 is 29.2 Å². The van der Waals surface area contributed by atoms with Crippen molar-refractivity contribution in [3.05, 3.63) is 34.5 Å². The molecule has 0 bridgehead atoms. The third kappa shape index (κ3) is 5.09. The van der Waals surface area contributed by atoms with Crippen molar-refractivity contribution in [2.24, 2.45) is 10.9 Å². The number of aliphatic carboxylic acids is 1. The molecule has 3 aliphatic rings. The Morgan fingerprint density at radius 1 is 1.44 bits per heavy atom. The molecule has 1 fully saturated rings. The first kappa shape index (κ1) is 24.6. The molecular weight excluding hydrogens is 500 g/mol. The Morgan fingerprint density at radius 2 is 2.26 bits per heavy atom. The van der Waals surface area contributed by atoms with Gasteiger partial charge in [-0.3, -0.25) is 14.5 Å². The number of rotatable bonds is 10. The molecule has 1 aromatic heterocycles. The van der Waals surface area contributed by atoms with Crippen molar-refractivity contribution in [2.75, 3.05) is 29.5 Å². The SMILES string of the molecule is NCCSCC1=C(C(=O)O)N2C(=O)C(NC(=O)C(=NOC3C=CCC3)c3csc(N)n3)[C@H]2SC1. The number of thioether (sulfide) groups is 2. The van der Waals surface area contributed by atoms with E-state index >= 15 is 0 Å². The number of allylic oxidation sites excluding steroid dienone is 1. The summed E-state index contributed by atoms with van der Waals surface area (Å²) in [5, 5.41) is 17.8. The van der Waals surface area contributed by atoms with Crippen molar-refractivity contribution in [1.82, 2.24) is 15.2 Å². The van der Waals surface area contributed by atoms with E-state index in [9.17, 15) is 19.5 Å². The lowest BCUT2D eigenvalue weighted by molar-refractivity contribution is -0.150. The number of carbonyl (C=O) groups excluding carboxylic acids is 2. The van der Waals surface area contributed by atoms with E-state index in [0.717, 1.165) is 24.2 Å². The van der Waals surface area contributed by atoms with Crippen LogP contribution in [-0.2, 0) is 19.2 Å². The molecule has 6 N–H and O–H groups in total. The lowest BCUT2D eigenvalue weighted by atomic mass is 10.0. The lowest BCUT2D eigenvalue weighted by Crippen LogP contribution is -2.71. The fraction of sp³-hybridized carbons (Fsp3) is 0.450. The van der Waals surface area contributed by atoms with Gasteiger partial charge in [0, 0.05) is 29.2 Å². The average molecular weight is 525 g/mol. The Labute approximate surface area is 208 Å². The number of carboxylic acids is 1. The van der Waals surface area contributed by atoms with Crippen LogP contribution in [0.3, 0.4) is 0 Å². The molecule has 2 amide bonds. The summed E-state index contributed by atoms with van der Waals surface area (Å²) in [7, 11) is 0. The fourth-order valence-electron chi connectivity index (χ4n) is 3.70. The van der Waals surface area contributed by atoms with E-state index in [2.05, 4.69) is 15.5 Å². The summed E-state index contributed by atoms with van der Waals surface area (Å²) < 4.78 is 0. The number of nitrogens with zero attached hydrogens (tertiary/aromatic N) is 3. The molecule has 14 heteroatoms. The predicted molar refractivity (Wildman–Crippen MR) is 132 cm³/mol. The highest BCUT2D eigenvalue weighted by atomic mass is 32.2. The first-order valence-corrected chi connectivity index (χ1v) is 13.6. The van der Waals surface area contributed by atoms with Crippen LogP contribution in [0, 0.1) is 0 Å². The molecule has 2 unspecified atom stereocenters. The van der Waals surface area contributed by atoms with Gasteiger partial charge in [0.25, 0.3) is 11.8 Å². The van der Waals surface area contributed by atoms with Crippen LogP contribution >= 0.6 is 34.9 Å². The summed E-state index contributed by atoms with van der Waals surface area (Å²) in [6.45, 7) is 0.488. The molecule has 3 heterocycles. The van der Waals surface area contributed by atoms with Crippen LogP contribution in [0.2, 0.25) is 0 Å². The number of nitrogen functional groups attached to an aromatic ring is 1. The van der Waals surface area contributed by atoms with E-state index in [1.165, 1.54) is 28.4 Å². The largest absolute Gasteiger partial charge is 0.477 e. The van der Waals surface area contributed by atoms with E-state index in [1.807, 2.05) is 12.2 Å². The third-order valence-corrected chi connectivity index (χ3v) is 8.39. The van der Waals surface area contributed by atoms with E-state index in [0.29, 0.717) is 29.4 Å². The quantitative estimate of drug-likeness (QED) is 0.112. The minimum Gasteiger partial charge on any atom is -0.477 e. The van der Waals surface area contributed by atoms with Crippen molar-refractivity contribution >= 4 is 63.5 Å². The molecule has 0 saturated carbocycles. The van der Waals surface area contributed by atoms with Crippen LogP contribution in [0.15, 0.2) is 34.0 Å². The first-order valence-electron chi connectivity index (χ1n) is 10.5. The van der Waals surface area contributed by atoms with E-state index in [1.54, 1.807) is 5.38 Å². The molecule has 182 valence electrons. The van der Waals surface area contributed by atoms with Crippen LogP contribution in [-0.4, -0.2) is 79.8 Å². The molecular formula is C20H24N6O5S3. The molecule has 1 aliphatic carbocycles. The Balaban J connectivity index is 1.49. The van der Waals surface area contributed by atoms with E-state index in [-0.39, 0.29) is 28.3 Å². The van der Waals surface area contributed by atoms with Crippen molar-refractivity contribution in [2.45, 2.75) is 30.4 Å². The van der Waals surface area contributed by atoms with Crippen molar-refractivity contribution in [3.63, 3.8) is 0 Å². The van der Waals surface area contributed by atoms with Gasteiger partial charge in [0.1, 0.15) is 28.9 Å². The second-order valence-electron chi connectivity index (χ2n) is 7.62. The standard InChI is InChI=1S/C20H24N6O5S3/c21-5-6-32-7-10-8-33-18-14(17(28)26(18)15(10)19(29)30)24-16(27)13(12-9-34-20(22)23-12)25-31-11-3-1-2-4-11/h1,3,9,11,14,18H,2,4-8,21H2,(H2,22,23)(H,24,27)(H,29,30)/t11?,14?,18-/m1/s1. The highest BCUT2D eigenvalue weighted by molar-refractivity contribution is 8.01. The normalized spacial score (nSPS) is 24.1. The zero-order chi connectivity index (χ0) is 24.2. The number of thiazole rings is 1. The van der Waals surface area contributed by atoms with Crippen LogP contribution < -0.4 is 16.8 Å². The topological polar surface area (TPSA) is 173 Å². The molecule has 2 aliphatic heterocycles. The van der Waals surface area contributed by atoms with Gasteiger partial charge in [0.05, 0.1) is 0 Å². The maximum Gasteiger partial charge on any atom is 0.352 e. The first-order chi connectivity index (χ1) is 16.4. The zero-order valence-electron chi connectivity index (χ0n) is 18.0. The number of oxime groups is 1. The number of hydrogen-bond acceptors (Lipinski definition) is 11. The number of carbonyl (C=O) groups is 3. The second kappa shape index (κ2) is 10.8. The summed E-state index contributed by atoms with van der Waals surface area (Å²) in [6, 6.07) is -0.891. The van der Waals surface area contributed by atoms with Crippen LogP contribution in [0.4, 0.5) is 5.13 Å². The molecule has 3 atom stereocenters. The number of hydrogen-bond donors (Lipinski definition) is 4. The molecule has 0 radical (unpaired) electrons. The average Bonchev–Trinajstić information content (AvgIpc) is 3.49. The minimum absolute atomic E-state index is 0.0127. The number of carboxylic acid groups (broad SMARTS) is 1. The molecule has 1 saturated heterocycles. The van der Waals surface area contributed by atoms with Gasteiger partial charge in [-0.2, -0.15) is 11.8 Å². The van der Waals surface area contributed by atoms with Gasteiger partial charge in [-0.15, -0.1) is 23.1 Å². The van der Waals surface area contributed by atoms with Gasteiger partial charge in [0.2, 0.25) is 0 Å². The van der Waals surface area contributed by atoms with Gasteiger partial charge in [-0.25, -0.2) is 9.78 Å². The lowest BCUT2D eigenvalue weighted by Gasteiger charge is -2.49. The molecule has 34 heavy (non-hydrogen) atoms. The number of anilines is 1. The van der Waals surface area contributed by atoms with Gasteiger partial charge < -0.3 is 26.7 Å². The maximum absolute atomic E-state index is 13.1. The van der Waals surface area contributed by atoms with Gasteiger partial charge >= 0.3 is 5.97 Å². The molecule has 11 nitrogen and oxygen atoms in total. The van der Waals surface area contributed by atoms with Crippen LogP contribution in [0.1, 0.15) is 18.5 Å². The van der Waals surface area contributed by atoms with Gasteiger partial charge in [-0.05, 0) is 24.5 Å². The molecule has 4 rings (SSSR count). The Morgan fingerprint density at radius 3 is 2.91 bits per heavy atom. The maximum atomic E-state index is 13.1. The summed E-state index contributed by atoms with van der Waals surface area (Å²) >= 11 is 4.09. The molecule has 1 aromatic rings. The number of nitrogens with two attached hydrogens (primary N) is 2. The number of β-lactam (4-membered cyclic amide) rings is 1. The number of nitrogens with one attached hydrogen (secondary N) is 1. The van der Waals surface area contributed by atoms with Crippen molar-refractivity contribution < 1.29 is 24.3 Å². The van der Waals surface area contributed by atoms with Crippen molar-refractivity contribution in [3.8, 4) is 0 Å². The van der Waals surface area contributed by atoms with E-state index in [4.69, 9.17) is 16.3 Å². The predicted octanol–water partition coefficient (Wildman–Crippen LogP) is 0.595. The monoisotopic (exact) mass is 524 g/mol. The summed E-state index contributed by atoms with van der Waals surface area (Å²) in [5.41, 5.74) is 12.0. The second-order valence-corrected chi connectivity index (χ2v) is 10.7. The smallest absolute Gasteiger partial charge is 0.352 e. The Kier molecular flexibility index (Phi) is 7.80. The highest BCUT2D eigenvalue weighted by Crippen LogP contribution is 2.41. The minimum atomic E-state index is -1.16. The van der Waals surface area contributed by atoms with Gasteiger partial charge in [0.15, 0.2) is 10.8 Å². The third-order valence-electron chi connectivity index (χ3n) is 5.30. The molecule has 0 spiro atoms. The van der Waals surface area contributed by atoms with Crippen LogP contribution in [0.25, 0.3) is 0 Å². The van der Waals surface area contributed by atoms with Crippen molar-refractivity contribution in [1.29, 1.82) is 0 Å². The number of amides is 2. The number of fused-ring (bicyclic) bond motifs is 1. The zero-order valence-corrected chi connectivity index (χ0v) is 20.5. The fourth-order valence-corrected chi connectivity index (χ4v) is 6.52. The Bertz CT molecular complexity index is 1070. The molecule has 0 aromatic carbocycles. The number of aromatic nitrogens is 1. The highest BCUT2D eigenvalue weighted by Gasteiger charge is 2.54. The Hall–Kier alpha value is -2.55. The summed E-state index contributed by atoms with van der Waals surface area (Å²) in [6.07, 6.45) is 5.21. The van der Waals surface area contributed by atoms with Gasteiger partial charge in [-0.1, -0.05) is 11.2 Å². The van der Waals surface area contributed by atoms with Crippen LogP contribution in [0.5, 0.6) is 0 Å². The summed E-state index contributed by atoms with van der Waals surface area (Å²) in [4.78, 5) is 48.8.